The second-order valence-corrected chi connectivity index (χ2v) is 7.73. The van der Waals surface area contributed by atoms with Crippen LogP contribution in [-0.4, -0.2) is 44.8 Å². The molecular formula is C22H19F3N6O3. The number of carbonyl (C=O) groups is 2. The number of nitriles is 1. The van der Waals surface area contributed by atoms with Crippen molar-refractivity contribution in [3.05, 3.63) is 53.9 Å². The number of amides is 1. The van der Waals surface area contributed by atoms with E-state index in [1.807, 2.05) is 6.07 Å². The monoisotopic (exact) mass is 472 g/mol. The van der Waals surface area contributed by atoms with Crippen LogP contribution in [0, 0.1) is 11.3 Å². The summed E-state index contributed by atoms with van der Waals surface area (Å²) in [6.45, 7) is 0. The third-order valence-corrected chi connectivity index (χ3v) is 5.44. The van der Waals surface area contributed by atoms with E-state index in [0.29, 0.717) is 36.3 Å². The standard InChI is InChI=1S/C22H19F3N6O3/c23-22(24,25)21(33)34-17-8-4-3-7-16(17)28-18-9-10-31-19(30-18)14(12-27-31)20(32)29-15-6-2-1-5-13(15)11-26/h1-2,5-6,9-10,12,16-17H,3-4,7-8H2,(H,28,30)(H,29,32)/t16-,17+/m1/s1. The Morgan fingerprint density at radius 1 is 1.18 bits per heavy atom. The van der Waals surface area contributed by atoms with E-state index in [0.717, 1.165) is 6.42 Å². The van der Waals surface area contributed by atoms with Gasteiger partial charge in [0.25, 0.3) is 5.91 Å². The summed E-state index contributed by atoms with van der Waals surface area (Å²) in [7, 11) is 0. The molecular weight excluding hydrogens is 453 g/mol. The summed E-state index contributed by atoms with van der Waals surface area (Å²) in [5, 5.41) is 19.0. The van der Waals surface area contributed by atoms with Crippen LogP contribution in [0.1, 0.15) is 41.6 Å². The Morgan fingerprint density at radius 2 is 1.94 bits per heavy atom. The fraction of sp³-hybridized carbons (Fsp3) is 0.318. The number of aromatic nitrogens is 3. The third kappa shape index (κ3) is 4.93. The first-order valence-electron chi connectivity index (χ1n) is 10.5. The lowest BCUT2D eigenvalue weighted by atomic mass is 9.92. The lowest BCUT2D eigenvalue weighted by Gasteiger charge is -2.32. The first-order chi connectivity index (χ1) is 16.3. The predicted molar refractivity (Wildman–Crippen MR) is 114 cm³/mol. The van der Waals surface area contributed by atoms with Gasteiger partial charge >= 0.3 is 12.1 Å². The molecule has 34 heavy (non-hydrogen) atoms. The van der Waals surface area contributed by atoms with E-state index >= 15 is 0 Å². The van der Waals surface area contributed by atoms with Gasteiger partial charge in [-0.15, -0.1) is 0 Å². The number of ether oxygens (including phenoxy) is 1. The van der Waals surface area contributed by atoms with Gasteiger partial charge in [0.2, 0.25) is 0 Å². The maximum atomic E-state index is 12.8. The lowest BCUT2D eigenvalue weighted by molar-refractivity contribution is -0.206. The van der Waals surface area contributed by atoms with Crippen molar-refractivity contribution in [1.82, 2.24) is 14.6 Å². The molecule has 0 saturated heterocycles. The van der Waals surface area contributed by atoms with Gasteiger partial charge in [0, 0.05) is 6.20 Å². The zero-order chi connectivity index (χ0) is 24.3. The number of halogens is 3. The Balaban J connectivity index is 1.54. The molecule has 176 valence electrons. The summed E-state index contributed by atoms with van der Waals surface area (Å²) in [6, 6.07) is 9.50. The minimum atomic E-state index is -5.07. The summed E-state index contributed by atoms with van der Waals surface area (Å²) < 4.78 is 44.0. The largest absolute Gasteiger partial charge is 0.490 e. The van der Waals surface area contributed by atoms with Crippen molar-refractivity contribution >= 4 is 29.0 Å². The van der Waals surface area contributed by atoms with Gasteiger partial charge in [0.05, 0.1) is 23.5 Å². The molecule has 0 aliphatic heterocycles. The summed E-state index contributed by atoms with van der Waals surface area (Å²) in [6.07, 6.45) is -0.995. The highest BCUT2D eigenvalue weighted by molar-refractivity contribution is 6.08. The number of alkyl halides is 3. The third-order valence-electron chi connectivity index (χ3n) is 5.44. The first kappa shape index (κ1) is 23.0. The van der Waals surface area contributed by atoms with Gasteiger partial charge in [0.1, 0.15) is 23.6 Å². The maximum absolute atomic E-state index is 12.8. The number of carbonyl (C=O) groups excluding carboxylic acids is 2. The average molecular weight is 472 g/mol. The van der Waals surface area contributed by atoms with E-state index in [-0.39, 0.29) is 11.2 Å². The zero-order valence-electron chi connectivity index (χ0n) is 17.7. The minimum absolute atomic E-state index is 0.139. The number of hydrogen-bond donors (Lipinski definition) is 2. The van der Waals surface area contributed by atoms with Crippen LogP contribution < -0.4 is 10.6 Å². The lowest BCUT2D eigenvalue weighted by Crippen LogP contribution is -2.42. The van der Waals surface area contributed by atoms with Gasteiger partial charge < -0.3 is 15.4 Å². The molecule has 1 aliphatic rings. The summed E-state index contributed by atoms with van der Waals surface area (Å²) in [4.78, 5) is 28.5. The van der Waals surface area contributed by atoms with Crippen LogP contribution >= 0.6 is 0 Å². The molecule has 2 atom stereocenters. The molecule has 9 nitrogen and oxygen atoms in total. The fourth-order valence-electron chi connectivity index (χ4n) is 3.79. The van der Waals surface area contributed by atoms with Gasteiger partial charge in [-0.05, 0) is 37.5 Å². The molecule has 1 aliphatic carbocycles. The van der Waals surface area contributed by atoms with E-state index < -0.39 is 30.2 Å². The van der Waals surface area contributed by atoms with Gasteiger partial charge in [-0.2, -0.15) is 23.5 Å². The van der Waals surface area contributed by atoms with Crippen molar-refractivity contribution < 1.29 is 27.5 Å². The van der Waals surface area contributed by atoms with Gasteiger partial charge in [-0.25, -0.2) is 14.3 Å². The summed E-state index contributed by atoms with van der Waals surface area (Å²) >= 11 is 0. The average Bonchev–Trinajstić information content (AvgIpc) is 3.23. The first-order valence-corrected chi connectivity index (χ1v) is 10.5. The molecule has 0 radical (unpaired) electrons. The molecule has 0 bridgehead atoms. The highest BCUT2D eigenvalue weighted by Gasteiger charge is 2.43. The smallest absolute Gasteiger partial charge is 0.454 e. The van der Waals surface area contributed by atoms with Crippen molar-refractivity contribution in [2.75, 3.05) is 10.6 Å². The van der Waals surface area contributed by atoms with Crippen LogP contribution in [0.2, 0.25) is 0 Å². The normalized spacial score (nSPS) is 18.2. The molecule has 0 spiro atoms. The van der Waals surface area contributed by atoms with Gasteiger partial charge in [0.15, 0.2) is 5.65 Å². The molecule has 2 heterocycles. The SMILES string of the molecule is N#Cc1ccccc1NC(=O)c1cnn2ccc(N[C@@H]3CCCC[C@@H]3OC(=O)C(F)(F)F)nc12. The Bertz CT molecular complexity index is 1270. The molecule has 1 fully saturated rings. The number of para-hydroxylation sites is 1. The quantitative estimate of drug-likeness (QED) is 0.543. The van der Waals surface area contributed by atoms with E-state index in [2.05, 4.69) is 20.7 Å². The van der Waals surface area contributed by atoms with E-state index in [4.69, 9.17) is 4.74 Å². The minimum Gasteiger partial charge on any atom is -0.454 e. The number of nitrogens with zero attached hydrogens (tertiary/aromatic N) is 4. The molecule has 1 aromatic carbocycles. The number of anilines is 2. The Morgan fingerprint density at radius 3 is 2.71 bits per heavy atom. The van der Waals surface area contributed by atoms with Crippen LogP contribution in [0.25, 0.3) is 5.65 Å². The van der Waals surface area contributed by atoms with E-state index in [1.54, 1.807) is 36.5 Å². The van der Waals surface area contributed by atoms with Crippen molar-refractivity contribution in [3.63, 3.8) is 0 Å². The van der Waals surface area contributed by atoms with Crippen molar-refractivity contribution in [1.29, 1.82) is 5.26 Å². The number of nitrogens with one attached hydrogen (secondary N) is 2. The van der Waals surface area contributed by atoms with Crippen LogP contribution in [0.5, 0.6) is 0 Å². The van der Waals surface area contributed by atoms with Gasteiger partial charge in [-0.3, -0.25) is 4.79 Å². The van der Waals surface area contributed by atoms with Crippen LogP contribution in [0.3, 0.4) is 0 Å². The Kier molecular flexibility index (Phi) is 6.36. The molecule has 12 heteroatoms. The number of rotatable bonds is 5. The van der Waals surface area contributed by atoms with Crippen molar-refractivity contribution in [2.45, 2.75) is 44.0 Å². The highest BCUT2D eigenvalue weighted by Crippen LogP contribution is 2.27. The second kappa shape index (κ2) is 9.38. The molecule has 1 amide bonds. The van der Waals surface area contributed by atoms with Crippen molar-refractivity contribution in [2.24, 2.45) is 0 Å². The van der Waals surface area contributed by atoms with Crippen LogP contribution in [0.15, 0.2) is 42.7 Å². The highest BCUT2D eigenvalue weighted by atomic mass is 19.4. The predicted octanol–water partition coefficient (Wildman–Crippen LogP) is 3.68. The number of benzene rings is 1. The maximum Gasteiger partial charge on any atom is 0.490 e. The van der Waals surface area contributed by atoms with Crippen LogP contribution in [-0.2, 0) is 9.53 Å². The summed E-state index contributed by atoms with van der Waals surface area (Å²) in [5.74, 6) is -2.46. The Hall–Kier alpha value is -4.14. The van der Waals surface area contributed by atoms with Crippen LogP contribution in [0.4, 0.5) is 24.7 Å². The van der Waals surface area contributed by atoms with Gasteiger partial charge in [-0.1, -0.05) is 18.6 Å². The molecule has 1 saturated carbocycles. The number of hydrogen-bond acceptors (Lipinski definition) is 7. The number of fused-ring (bicyclic) bond motifs is 1. The van der Waals surface area contributed by atoms with E-state index in [1.165, 1.54) is 10.7 Å². The molecule has 2 N–H and O–H groups in total. The molecule has 4 rings (SSSR count). The second-order valence-electron chi connectivity index (χ2n) is 7.73. The fourth-order valence-corrected chi connectivity index (χ4v) is 3.79. The topological polar surface area (TPSA) is 121 Å². The molecule has 3 aromatic rings. The number of esters is 1. The van der Waals surface area contributed by atoms with E-state index in [9.17, 15) is 28.0 Å². The zero-order valence-corrected chi connectivity index (χ0v) is 17.7. The van der Waals surface area contributed by atoms with Crippen molar-refractivity contribution in [3.8, 4) is 6.07 Å². The Labute approximate surface area is 191 Å². The summed E-state index contributed by atoms with van der Waals surface area (Å²) in [5.41, 5.74) is 0.969. The molecule has 2 aromatic heterocycles. The molecule has 0 unspecified atom stereocenters.